The quantitative estimate of drug-likeness (QED) is 0.849. The molecule has 2 heterocycles. The third kappa shape index (κ3) is 2.97. The van der Waals surface area contributed by atoms with Crippen LogP contribution in [0.2, 0.25) is 0 Å². The smallest absolute Gasteiger partial charge is 0.323 e. The molecule has 3 rings (SSSR count). The number of amides is 2. The van der Waals surface area contributed by atoms with E-state index in [0.29, 0.717) is 5.41 Å². The molecule has 110 valence electrons. The number of hydrogen-bond acceptors (Lipinski definition) is 3. The van der Waals surface area contributed by atoms with Crippen molar-refractivity contribution in [2.75, 3.05) is 18.4 Å². The minimum Gasteiger partial charge on any atom is -0.324 e. The van der Waals surface area contributed by atoms with Gasteiger partial charge in [-0.15, -0.1) is 11.3 Å². The van der Waals surface area contributed by atoms with Crippen molar-refractivity contribution in [2.45, 2.75) is 51.9 Å². The maximum atomic E-state index is 12.4. The fourth-order valence-electron chi connectivity index (χ4n) is 3.67. The molecule has 4 nitrogen and oxygen atoms in total. The molecule has 1 aliphatic heterocycles. The van der Waals surface area contributed by atoms with Crippen LogP contribution in [-0.2, 0) is 0 Å². The first kappa shape index (κ1) is 13.9. The molecular formula is C15H23N3OS. The summed E-state index contributed by atoms with van der Waals surface area (Å²) in [7, 11) is 0. The van der Waals surface area contributed by atoms with Crippen molar-refractivity contribution in [3.63, 3.8) is 0 Å². The van der Waals surface area contributed by atoms with Gasteiger partial charge in [-0.1, -0.05) is 19.3 Å². The molecule has 1 saturated heterocycles. The Hall–Kier alpha value is -1.10. The third-order valence-corrected chi connectivity index (χ3v) is 5.57. The van der Waals surface area contributed by atoms with E-state index >= 15 is 0 Å². The van der Waals surface area contributed by atoms with Crippen LogP contribution in [0.15, 0.2) is 5.38 Å². The summed E-state index contributed by atoms with van der Waals surface area (Å²) in [5.41, 5.74) is 1.37. The van der Waals surface area contributed by atoms with Gasteiger partial charge in [-0.2, -0.15) is 0 Å². The van der Waals surface area contributed by atoms with E-state index in [1.165, 1.54) is 49.9 Å². The lowest BCUT2D eigenvalue weighted by atomic mass is 9.69. The molecule has 2 amide bonds. The number of likely N-dealkylation sites (tertiary alicyclic amines) is 1. The van der Waals surface area contributed by atoms with Gasteiger partial charge in [-0.3, -0.25) is 5.32 Å². The lowest BCUT2D eigenvalue weighted by Gasteiger charge is -2.45. The summed E-state index contributed by atoms with van der Waals surface area (Å²) >= 11 is 1.50. The number of nitrogens with one attached hydrogen (secondary N) is 1. The maximum absolute atomic E-state index is 12.4. The zero-order valence-corrected chi connectivity index (χ0v) is 13.0. The van der Waals surface area contributed by atoms with Gasteiger partial charge in [0.2, 0.25) is 0 Å². The minimum absolute atomic E-state index is 0.0315. The normalized spacial score (nSPS) is 21.9. The topological polar surface area (TPSA) is 45.2 Å². The average molecular weight is 293 g/mol. The van der Waals surface area contributed by atoms with E-state index in [4.69, 9.17) is 0 Å². The largest absolute Gasteiger partial charge is 0.324 e. The number of aromatic nitrogens is 1. The fourth-order valence-corrected chi connectivity index (χ4v) is 4.35. The van der Waals surface area contributed by atoms with Crippen LogP contribution in [0.4, 0.5) is 9.93 Å². The van der Waals surface area contributed by atoms with Gasteiger partial charge in [0.1, 0.15) is 0 Å². The Balaban J connectivity index is 1.62. The van der Waals surface area contributed by atoms with Crippen LogP contribution in [0, 0.1) is 12.3 Å². The van der Waals surface area contributed by atoms with Crippen LogP contribution in [-0.4, -0.2) is 29.0 Å². The number of hydrogen-bond donors (Lipinski definition) is 1. The summed E-state index contributed by atoms with van der Waals surface area (Å²) in [4.78, 5) is 18.7. The molecule has 0 atom stereocenters. The zero-order valence-electron chi connectivity index (χ0n) is 12.2. The lowest BCUT2D eigenvalue weighted by Crippen LogP contribution is -2.48. The highest BCUT2D eigenvalue weighted by molar-refractivity contribution is 7.13. The van der Waals surface area contributed by atoms with E-state index < -0.39 is 0 Å². The SMILES string of the molecule is Cc1csc(NC(=O)N2CCCC3(CCCCC3)C2)n1. The van der Waals surface area contributed by atoms with E-state index in [1.54, 1.807) is 0 Å². The Morgan fingerprint density at radius 1 is 1.30 bits per heavy atom. The summed E-state index contributed by atoms with van der Waals surface area (Å²) in [5.74, 6) is 0. The van der Waals surface area contributed by atoms with Crippen molar-refractivity contribution in [2.24, 2.45) is 5.41 Å². The van der Waals surface area contributed by atoms with Crippen LogP contribution in [0.25, 0.3) is 0 Å². The predicted molar refractivity (Wildman–Crippen MR) is 82.2 cm³/mol. The van der Waals surface area contributed by atoms with E-state index in [0.717, 1.165) is 30.3 Å². The number of thiazole rings is 1. The second-order valence-electron chi connectivity index (χ2n) is 6.31. The highest BCUT2D eigenvalue weighted by Crippen LogP contribution is 2.43. The predicted octanol–water partition coefficient (Wildman–Crippen LogP) is 4.03. The lowest BCUT2D eigenvalue weighted by molar-refractivity contribution is 0.0749. The molecule has 0 aromatic carbocycles. The molecule has 1 aromatic heterocycles. The Morgan fingerprint density at radius 3 is 2.75 bits per heavy atom. The molecular weight excluding hydrogens is 270 g/mol. The van der Waals surface area contributed by atoms with Gasteiger partial charge in [0.05, 0.1) is 5.69 Å². The van der Waals surface area contributed by atoms with E-state index in [9.17, 15) is 4.79 Å². The zero-order chi connectivity index (χ0) is 14.0. The highest BCUT2D eigenvalue weighted by atomic mass is 32.1. The third-order valence-electron chi connectivity index (χ3n) is 4.70. The number of rotatable bonds is 1. The van der Waals surface area contributed by atoms with E-state index in [-0.39, 0.29) is 6.03 Å². The molecule has 2 aliphatic rings. The molecule has 1 spiro atoms. The van der Waals surface area contributed by atoms with Crippen molar-refractivity contribution in [1.29, 1.82) is 0 Å². The van der Waals surface area contributed by atoms with E-state index in [2.05, 4.69) is 10.3 Å². The van der Waals surface area contributed by atoms with Crippen molar-refractivity contribution in [1.82, 2.24) is 9.88 Å². The average Bonchev–Trinajstić information content (AvgIpc) is 2.85. The summed E-state index contributed by atoms with van der Waals surface area (Å²) in [6.45, 7) is 3.77. The molecule has 0 unspecified atom stereocenters. The number of urea groups is 1. The highest BCUT2D eigenvalue weighted by Gasteiger charge is 2.37. The minimum atomic E-state index is 0.0315. The number of carbonyl (C=O) groups excluding carboxylic acids is 1. The van der Waals surface area contributed by atoms with Gasteiger partial charge in [0.15, 0.2) is 5.13 Å². The molecule has 1 saturated carbocycles. The number of aryl methyl sites for hydroxylation is 1. The van der Waals surface area contributed by atoms with Crippen molar-refractivity contribution >= 4 is 22.5 Å². The first-order valence-electron chi connectivity index (χ1n) is 7.65. The first-order valence-corrected chi connectivity index (χ1v) is 8.53. The van der Waals surface area contributed by atoms with Crippen LogP contribution in [0.5, 0.6) is 0 Å². The second kappa shape index (κ2) is 5.72. The monoisotopic (exact) mass is 293 g/mol. The van der Waals surface area contributed by atoms with E-state index in [1.807, 2.05) is 17.2 Å². The van der Waals surface area contributed by atoms with Crippen LogP contribution >= 0.6 is 11.3 Å². The maximum Gasteiger partial charge on any atom is 0.323 e. The Kier molecular flexibility index (Phi) is 3.96. The molecule has 1 aromatic rings. The first-order chi connectivity index (χ1) is 9.67. The van der Waals surface area contributed by atoms with Gasteiger partial charge in [0, 0.05) is 18.5 Å². The van der Waals surface area contributed by atoms with Gasteiger partial charge in [0.25, 0.3) is 0 Å². The van der Waals surface area contributed by atoms with Gasteiger partial charge >= 0.3 is 6.03 Å². The summed E-state index contributed by atoms with van der Waals surface area (Å²) < 4.78 is 0. The molecule has 0 bridgehead atoms. The molecule has 5 heteroatoms. The molecule has 2 fully saturated rings. The van der Waals surface area contributed by atoms with Crippen LogP contribution < -0.4 is 5.32 Å². The molecule has 1 aliphatic carbocycles. The Morgan fingerprint density at radius 2 is 2.05 bits per heavy atom. The number of carbonyl (C=O) groups is 1. The molecule has 20 heavy (non-hydrogen) atoms. The molecule has 0 radical (unpaired) electrons. The molecule has 1 N–H and O–H groups in total. The van der Waals surface area contributed by atoms with Gasteiger partial charge in [-0.05, 0) is 38.0 Å². The van der Waals surface area contributed by atoms with Crippen molar-refractivity contribution < 1.29 is 4.79 Å². The standard InChI is InChI=1S/C15H23N3OS/c1-12-10-20-13(16-12)17-14(19)18-9-5-8-15(11-18)6-3-2-4-7-15/h10H,2-9,11H2,1H3,(H,16,17,19). The van der Waals surface area contributed by atoms with Crippen molar-refractivity contribution in [3.05, 3.63) is 11.1 Å². The Labute approximate surface area is 124 Å². The fraction of sp³-hybridized carbons (Fsp3) is 0.733. The number of anilines is 1. The Bertz CT molecular complexity index is 474. The summed E-state index contributed by atoms with van der Waals surface area (Å²) in [6.07, 6.45) is 9.08. The second-order valence-corrected chi connectivity index (χ2v) is 7.17. The van der Waals surface area contributed by atoms with Crippen LogP contribution in [0.1, 0.15) is 50.6 Å². The number of nitrogens with zero attached hydrogens (tertiary/aromatic N) is 2. The number of piperidine rings is 1. The van der Waals surface area contributed by atoms with Gasteiger partial charge < -0.3 is 4.90 Å². The summed E-state index contributed by atoms with van der Waals surface area (Å²) in [5, 5.41) is 5.63. The summed E-state index contributed by atoms with van der Waals surface area (Å²) in [6, 6.07) is 0.0315. The van der Waals surface area contributed by atoms with Crippen LogP contribution in [0.3, 0.4) is 0 Å². The van der Waals surface area contributed by atoms with Crippen molar-refractivity contribution in [3.8, 4) is 0 Å². The van der Waals surface area contributed by atoms with Gasteiger partial charge in [-0.25, -0.2) is 9.78 Å².